The van der Waals surface area contributed by atoms with Crippen LogP contribution in [0.15, 0.2) is 218 Å². The highest BCUT2D eigenvalue weighted by molar-refractivity contribution is 6.00. The SMILES string of the molecule is C=C/C=C1\C(=C/C)c2ccccc2C12c1ccccc1-c1c(Cc3ccc(-c4ccccc4)cc3)cccc12.Cc1cc(-c2ccccc2)c2c(c1)C(C)(C)c1ccccc1-2. The Morgan fingerprint density at radius 2 is 1.02 bits per heavy atom. The van der Waals surface area contributed by atoms with Crippen LogP contribution in [-0.2, 0) is 17.3 Å². The summed E-state index contributed by atoms with van der Waals surface area (Å²) in [7, 11) is 0. The van der Waals surface area contributed by atoms with E-state index < -0.39 is 0 Å². The minimum atomic E-state index is -0.342. The van der Waals surface area contributed by atoms with Gasteiger partial charge in [-0.05, 0) is 120 Å². The van der Waals surface area contributed by atoms with Crippen LogP contribution in [-0.4, -0.2) is 0 Å². The van der Waals surface area contributed by atoms with Gasteiger partial charge in [0, 0.05) is 5.41 Å². The van der Waals surface area contributed by atoms with E-state index in [0.29, 0.717) is 0 Å². The van der Waals surface area contributed by atoms with Gasteiger partial charge in [-0.1, -0.05) is 232 Å². The van der Waals surface area contributed by atoms with Gasteiger partial charge in [0.05, 0.1) is 5.41 Å². The standard InChI is InChI=1S/C39H30.C22H20/c1-3-13-34-31(4-2)32-17-8-10-19-35(32)39(34)36-20-11-9-18-33(36)38-30(16-12-21-37(38)39)26-27-22-24-29(25-23-27)28-14-6-5-7-15-28;1-15-13-18(16-9-5-4-6-10-16)21-17-11-7-8-12-19(17)22(2,3)20(21)14-15/h3-25H,1,26H2,2H3;4-14H,1-3H3/b31-4-,34-13+;. The number of fused-ring (bicyclic) bond motifs is 10. The van der Waals surface area contributed by atoms with Crippen LogP contribution < -0.4 is 0 Å². The summed E-state index contributed by atoms with van der Waals surface area (Å²) < 4.78 is 0. The molecule has 0 radical (unpaired) electrons. The molecule has 0 heterocycles. The van der Waals surface area contributed by atoms with Crippen molar-refractivity contribution in [1.82, 2.24) is 0 Å². The fourth-order valence-corrected chi connectivity index (χ4v) is 10.8. The van der Waals surface area contributed by atoms with Gasteiger partial charge in [0.2, 0.25) is 0 Å². The molecule has 11 rings (SSSR count). The topological polar surface area (TPSA) is 0 Å². The highest BCUT2D eigenvalue weighted by atomic mass is 14.5. The number of aryl methyl sites for hydroxylation is 1. The lowest BCUT2D eigenvalue weighted by atomic mass is 9.70. The molecular formula is C61H50. The van der Waals surface area contributed by atoms with Crippen molar-refractivity contribution in [2.75, 3.05) is 0 Å². The molecule has 61 heavy (non-hydrogen) atoms. The van der Waals surface area contributed by atoms with E-state index in [1.807, 2.05) is 6.08 Å². The zero-order valence-electron chi connectivity index (χ0n) is 35.5. The van der Waals surface area contributed by atoms with Gasteiger partial charge >= 0.3 is 0 Å². The highest BCUT2D eigenvalue weighted by Crippen LogP contribution is 2.64. The lowest BCUT2D eigenvalue weighted by molar-refractivity contribution is 0.660. The fraction of sp³-hybridized carbons (Fsp3) is 0.115. The van der Waals surface area contributed by atoms with Crippen LogP contribution in [0.2, 0.25) is 0 Å². The molecule has 1 atom stereocenters. The molecule has 0 bridgehead atoms. The molecule has 0 N–H and O–H groups in total. The first-order valence-corrected chi connectivity index (χ1v) is 21.6. The number of benzene rings is 8. The average molecular weight is 783 g/mol. The van der Waals surface area contributed by atoms with Crippen LogP contribution in [0.3, 0.4) is 0 Å². The Bertz CT molecular complexity index is 3030. The Hall–Kier alpha value is -7.02. The van der Waals surface area contributed by atoms with E-state index in [-0.39, 0.29) is 10.8 Å². The minimum Gasteiger partial charge on any atom is -0.0991 e. The molecule has 0 aromatic heterocycles. The molecule has 1 spiro atoms. The smallest absolute Gasteiger partial charge is 0.0725 e. The van der Waals surface area contributed by atoms with Crippen LogP contribution in [0.1, 0.15) is 70.8 Å². The Morgan fingerprint density at radius 1 is 0.475 bits per heavy atom. The molecule has 0 aliphatic heterocycles. The number of allylic oxidation sites excluding steroid dienone is 5. The second kappa shape index (κ2) is 15.2. The minimum absolute atomic E-state index is 0.0709. The second-order valence-electron chi connectivity index (χ2n) is 17.2. The van der Waals surface area contributed by atoms with E-state index in [0.717, 1.165) is 6.42 Å². The third-order valence-electron chi connectivity index (χ3n) is 13.4. The molecule has 8 aromatic carbocycles. The molecule has 0 fully saturated rings. The van der Waals surface area contributed by atoms with Crippen molar-refractivity contribution < 1.29 is 0 Å². The fourth-order valence-electron chi connectivity index (χ4n) is 10.8. The molecule has 0 saturated carbocycles. The molecular weight excluding hydrogens is 733 g/mol. The van der Waals surface area contributed by atoms with Crippen molar-refractivity contribution in [2.45, 2.75) is 44.9 Å². The van der Waals surface area contributed by atoms with Crippen LogP contribution in [0, 0.1) is 6.92 Å². The van der Waals surface area contributed by atoms with E-state index in [2.05, 4.69) is 234 Å². The van der Waals surface area contributed by atoms with Gasteiger partial charge in [-0.3, -0.25) is 0 Å². The largest absolute Gasteiger partial charge is 0.0991 e. The Kier molecular flexibility index (Phi) is 9.53. The second-order valence-corrected chi connectivity index (χ2v) is 17.2. The van der Waals surface area contributed by atoms with E-state index >= 15 is 0 Å². The number of hydrogen-bond acceptors (Lipinski definition) is 0. The van der Waals surface area contributed by atoms with E-state index in [9.17, 15) is 0 Å². The van der Waals surface area contributed by atoms with Gasteiger partial charge in [-0.15, -0.1) is 0 Å². The summed E-state index contributed by atoms with van der Waals surface area (Å²) in [4.78, 5) is 0. The summed E-state index contributed by atoms with van der Waals surface area (Å²) in [5.74, 6) is 0. The normalized spacial score (nSPS) is 17.2. The van der Waals surface area contributed by atoms with Crippen molar-refractivity contribution in [1.29, 1.82) is 0 Å². The van der Waals surface area contributed by atoms with Crippen LogP contribution >= 0.6 is 0 Å². The van der Waals surface area contributed by atoms with Crippen LogP contribution in [0.25, 0.3) is 50.1 Å². The van der Waals surface area contributed by atoms with Crippen LogP contribution in [0.4, 0.5) is 0 Å². The van der Waals surface area contributed by atoms with E-state index in [1.165, 1.54) is 106 Å². The molecule has 3 aliphatic rings. The molecule has 0 amide bonds. The lowest BCUT2D eigenvalue weighted by Gasteiger charge is -2.31. The molecule has 8 aromatic rings. The zero-order valence-corrected chi connectivity index (χ0v) is 35.5. The summed E-state index contributed by atoms with van der Waals surface area (Å²) >= 11 is 0. The van der Waals surface area contributed by atoms with Crippen molar-refractivity contribution >= 4 is 5.57 Å². The maximum Gasteiger partial charge on any atom is 0.0725 e. The summed E-state index contributed by atoms with van der Waals surface area (Å²) in [5, 5.41) is 0. The molecule has 294 valence electrons. The van der Waals surface area contributed by atoms with Gasteiger partial charge in [0.25, 0.3) is 0 Å². The third-order valence-corrected chi connectivity index (χ3v) is 13.4. The third kappa shape index (κ3) is 6.04. The summed E-state index contributed by atoms with van der Waals surface area (Å²) in [6.07, 6.45) is 7.34. The molecule has 0 nitrogen and oxygen atoms in total. The van der Waals surface area contributed by atoms with E-state index in [1.54, 1.807) is 0 Å². The van der Waals surface area contributed by atoms with Gasteiger partial charge in [0.1, 0.15) is 0 Å². The summed E-state index contributed by atoms with van der Waals surface area (Å²) in [5.41, 5.74) is 25.4. The predicted octanol–water partition coefficient (Wildman–Crippen LogP) is 15.8. The van der Waals surface area contributed by atoms with Gasteiger partial charge < -0.3 is 0 Å². The first kappa shape index (κ1) is 38.2. The first-order chi connectivity index (χ1) is 29.9. The quantitative estimate of drug-likeness (QED) is 0.163. The van der Waals surface area contributed by atoms with Crippen molar-refractivity contribution in [3.8, 4) is 44.5 Å². The average Bonchev–Trinajstić information content (AvgIpc) is 3.85. The summed E-state index contributed by atoms with van der Waals surface area (Å²) in [6, 6.07) is 68.8. The van der Waals surface area contributed by atoms with Crippen LogP contribution in [0.5, 0.6) is 0 Å². The van der Waals surface area contributed by atoms with Crippen molar-refractivity contribution in [2.24, 2.45) is 0 Å². The summed E-state index contributed by atoms with van der Waals surface area (Å²) in [6.45, 7) is 13.2. The van der Waals surface area contributed by atoms with E-state index in [4.69, 9.17) is 0 Å². The monoisotopic (exact) mass is 782 g/mol. The Balaban J connectivity index is 0.000000171. The van der Waals surface area contributed by atoms with Crippen molar-refractivity contribution in [3.63, 3.8) is 0 Å². The Labute approximate surface area is 361 Å². The molecule has 0 saturated heterocycles. The number of hydrogen-bond donors (Lipinski definition) is 0. The molecule has 1 unspecified atom stereocenters. The first-order valence-electron chi connectivity index (χ1n) is 21.6. The molecule has 3 aliphatic carbocycles. The van der Waals surface area contributed by atoms with Gasteiger partial charge in [-0.25, -0.2) is 0 Å². The maximum atomic E-state index is 4.12. The van der Waals surface area contributed by atoms with Crippen molar-refractivity contribution in [3.05, 3.63) is 269 Å². The number of rotatable bonds is 5. The molecule has 0 heteroatoms. The highest BCUT2D eigenvalue weighted by Gasteiger charge is 2.53. The predicted molar refractivity (Wildman–Crippen MR) is 259 cm³/mol. The van der Waals surface area contributed by atoms with Gasteiger partial charge in [-0.2, -0.15) is 0 Å². The Morgan fingerprint density at radius 3 is 1.67 bits per heavy atom. The zero-order chi connectivity index (χ0) is 41.7. The maximum absolute atomic E-state index is 4.12. The van der Waals surface area contributed by atoms with Gasteiger partial charge in [0.15, 0.2) is 0 Å². The lowest BCUT2D eigenvalue weighted by Crippen LogP contribution is -2.26.